The van der Waals surface area contributed by atoms with Crippen molar-refractivity contribution in [1.82, 2.24) is 0 Å². The molecular formula is C16H14BrFN2O2. The number of benzene rings is 2. The van der Waals surface area contributed by atoms with Crippen molar-refractivity contribution in [3.05, 3.63) is 58.8 Å². The Balaban J connectivity index is 2.13. The second kappa shape index (κ2) is 7.17. The smallest absolute Gasteiger partial charge is 0.244 e. The highest BCUT2D eigenvalue weighted by molar-refractivity contribution is 9.10. The second-order valence-corrected chi connectivity index (χ2v) is 5.53. The van der Waals surface area contributed by atoms with Gasteiger partial charge in [-0.05, 0) is 30.3 Å². The number of amides is 2. The van der Waals surface area contributed by atoms with E-state index in [1.807, 2.05) is 6.07 Å². The van der Waals surface area contributed by atoms with E-state index >= 15 is 0 Å². The third-order valence-corrected chi connectivity index (χ3v) is 3.44. The summed E-state index contributed by atoms with van der Waals surface area (Å²) in [7, 11) is 0. The first-order chi connectivity index (χ1) is 10.5. The highest BCUT2D eigenvalue weighted by Crippen LogP contribution is 2.20. The van der Waals surface area contributed by atoms with Crippen molar-refractivity contribution < 1.29 is 14.0 Å². The van der Waals surface area contributed by atoms with Crippen molar-refractivity contribution in [2.75, 3.05) is 16.8 Å². The molecule has 0 unspecified atom stereocenters. The number of nitrogens with zero attached hydrogens (tertiary/aromatic N) is 1. The van der Waals surface area contributed by atoms with Gasteiger partial charge in [-0.2, -0.15) is 0 Å². The minimum absolute atomic E-state index is 0.0882. The summed E-state index contributed by atoms with van der Waals surface area (Å²) >= 11 is 3.32. The van der Waals surface area contributed by atoms with E-state index in [2.05, 4.69) is 21.2 Å². The van der Waals surface area contributed by atoms with Gasteiger partial charge in [0.2, 0.25) is 11.8 Å². The lowest BCUT2D eigenvalue weighted by Gasteiger charge is -2.21. The quantitative estimate of drug-likeness (QED) is 0.901. The summed E-state index contributed by atoms with van der Waals surface area (Å²) in [6, 6.07) is 12.9. The van der Waals surface area contributed by atoms with Crippen LogP contribution < -0.4 is 10.2 Å². The summed E-state index contributed by atoms with van der Waals surface area (Å²) in [6.07, 6.45) is 0. The van der Waals surface area contributed by atoms with Crippen molar-refractivity contribution in [3.8, 4) is 0 Å². The molecule has 2 aromatic rings. The van der Waals surface area contributed by atoms with Gasteiger partial charge in [0.05, 0.1) is 5.69 Å². The molecule has 2 rings (SSSR count). The van der Waals surface area contributed by atoms with Crippen LogP contribution in [0.1, 0.15) is 6.92 Å². The number of carbonyl (C=O) groups excluding carboxylic acids is 2. The van der Waals surface area contributed by atoms with Crippen molar-refractivity contribution in [1.29, 1.82) is 0 Å². The van der Waals surface area contributed by atoms with Crippen molar-refractivity contribution in [2.45, 2.75) is 6.92 Å². The largest absolute Gasteiger partial charge is 0.322 e. The van der Waals surface area contributed by atoms with Crippen molar-refractivity contribution >= 4 is 39.1 Å². The molecule has 0 saturated heterocycles. The third kappa shape index (κ3) is 4.14. The molecule has 0 aliphatic carbocycles. The molecule has 0 aromatic heterocycles. The lowest BCUT2D eigenvalue weighted by Crippen LogP contribution is -2.36. The van der Waals surface area contributed by atoms with Gasteiger partial charge in [-0.15, -0.1) is 0 Å². The molecule has 0 aliphatic rings. The van der Waals surface area contributed by atoms with Gasteiger partial charge in [0.1, 0.15) is 12.4 Å². The Morgan fingerprint density at radius 2 is 1.91 bits per heavy atom. The van der Waals surface area contributed by atoms with Gasteiger partial charge in [0, 0.05) is 17.1 Å². The van der Waals surface area contributed by atoms with E-state index in [0.29, 0.717) is 5.69 Å². The zero-order chi connectivity index (χ0) is 16.1. The van der Waals surface area contributed by atoms with Crippen LogP contribution in [0.2, 0.25) is 0 Å². The third-order valence-electron chi connectivity index (χ3n) is 2.95. The maximum absolute atomic E-state index is 13.5. The maximum atomic E-state index is 13.5. The van der Waals surface area contributed by atoms with Crippen LogP contribution in [-0.4, -0.2) is 18.4 Å². The maximum Gasteiger partial charge on any atom is 0.244 e. The average molecular weight is 365 g/mol. The molecular weight excluding hydrogens is 351 g/mol. The Hall–Kier alpha value is -2.21. The van der Waals surface area contributed by atoms with Gasteiger partial charge in [0.15, 0.2) is 0 Å². The van der Waals surface area contributed by atoms with Crippen molar-refractivity contribution in [2.24, 2.45) is 0 Å². The SMILES string of the molecule is CC(=O)N(CC(=O)Nc1ccccc1F)c1cccc(Br)c1. The fourth-order valence-corrected chi connectivity index (χ4v) is 2.31. The number of carbonyl (C=O) groups is 2. The van der Waals surface area contributed by atoms with Gasteiger partial charge in [-0.25, -0.2) is 4.39 Å². The second-order valence-electron chi connectivity index (χ2n) is 4.61. The van der Waals surface area contributed by atoms with E-state index < -0.39 is 11.7 Å². The molecule has 0 aliphatic heterocycles. The van der Waals surface area contributed by atoms with Crippen molar-refractivity contribution in [3.63, 3.8) is 0 Å². The molecule has 0 saturated carbocycles. The minimum atomic E-state index is -0.521. The summed E-state index contributed by atoms with van der Waals surface area (Å²) < 4.78 is 14.3. The lowest BCUT2D eigenvalue weighted by molar-refractivity contribution is -0.120. The van der Waals surface area contributed by atoms with Crippen LogP contribution in [0.5, 0.6) is 0 Å². The molecule has 4 nitrogen and oxygen atoms in total. The van der Waals surface area contributed by atoms with Gasteiger partial charge < -0.3 is 10.2 Å². The van der Waals surface area contributed by atoms with Gasteiger partial charge in [-0.3, -0.25) is 9.59 Å². The summed E-state index contributed by atoms with van der Waals surface area (Å²) in [5.74, 6) is -1.27. The minimum Gasteiger partial charge on any atom is -0.322 e. The van der Waals surface area contributed by atoms with E-state index in [4.69, 9.17) is 0 Å². The van der Waals surface area contributed by atoms with Crippen LogP contribution in [0.4, 0.5) is 15.8 Å². The number of rotatable bonds is 4. The Bertz CT molecular complexity index is 706. The fraction of sp³-hybridized carbons (Fsp3) is 0.125. The van der Waals surface area contributed by atoms with E-state index in [0.717, 1.165) is 4.47 Å². The lowest BCUT2D eigenvalue weighted by atomic mass is 10.2. The summed E-state index contributed by atoms with van der Waals surface area (Å²) in [6.45, 7) is 1.18. The first-order valence-electron chi connectivity index (χ1n) is 6.55. The number of halogens is 2. The monoisotopic (exact) mass is 364 g/mol. The number of anilines is 2. The van der Waals surface area contributed by atoms with Gasteiger partial charge >= 0.3 is 0 Å². The van der Waals surface area contributed by atoms with Gasteiger partial charge in [-0.1, -0.05) is 34.1 Å². The molecule has 0 spiro atoms. The van der Waals surface area contributed by atoms with E-state index in [1.54, 1.807) is 24.3 Å². The van der Waals surface area contributed by atoms with Crippen LogP contribution in [-0.2, 0) is 9.59 Å². The molecule has 114 valence electrons. The normalized spacial score (nSPS) is 10.1. The number of hydrogen-bond acceptors (Lipinski definition) is 2. The number of nitrogens with one attached hydrogen (secondary N) is 1. The number of para-hydroxylation sites is 1. The fourth-order valence-electron chi connectivity index (χ4n) is 1.92. The molecule has 0 radical (unpaired) electrons. The molecule has 1 N–H and O–H groups in total. The molecule has 0 atom stereocenters. The van der Waals surface area contributed by atoms with E-state index in [-0.39, 0.29) is 18.1 Å². The Morgan fingerprint density at radius 3 is 2.55 bits per heavy atom. The number of hydrogen-bond donors (Lipinski definition) is 1. The Kier molecular flexibility index (Phi) is 5.27. The zero-order valence-corrected chi connectivity index (χ0v) is 13.4. The highest BCUT2D eigenvalue weighted by Gasteiger charge is 2.16. The van der Waals surface area contributed by atoms with Crippen LogP contribution in [0.3, 0.4) is 0 Å². The van der Waals surface area contributed by atoms with Crippen LogP contribution in [0.25, 0.3) is 0 Å². The first-order valence-corrected chi connectivity index (χ1v) is 7.34. The predicted octanol–water partition coefficient (Wildman–Crippen LogP) is 3.58. The highest BCUT2D eigenvalue weighted by atomic mass is 79.9. The molecule has 0 fully saturated rings. The Labute approximate surface area is 136 Å². The van der Waals surface area contributed by atoms with Gasteiger partial charge in [0.25, 0.3) is 0 Å². The topological polar surface area (TPSA) is 49.4 Å². The van der Waals surface area contributed by atoms with Crippen LogP contribution in [0.15, 0.2) is 53.0 Å². The van der Waals surface area contributed by atoms with Crippen LogP contribution in [0, 0.1) is 5.82 Å². The van der Waals surface area contributed by atoms with E-state index in [9.17, 15) is 14.0 Å². The van der Waals surface area contributed by atoms with Crippen LogP contribution >= 0.6 is 15.9 Å². The molecule has 0 bridgehead atoms. The average Bonchev–Trinajstić information content (AvgIpc) is 2.47. The first kappa shape index (κ1) is 16.2. The molecule has 22 heavy (non-hydrogen) atoms. The Morgan fingerprint density at radius 1 is 1.18 bits per heavy atom. The summed E-state index contributed by atoms with van der Waals surface area (Å²) in [5.41, 5.74) is 0.677. The summed E-state index contributed by atoms with van der Waals surface area (Å²) in [5, 5.41) is 2.46. The predicted molar refractivity (Wildman–Crippen MR) is 87.2 cm³/mol. The zero-order valence-electron chi connectivity index (χ0n) is 11.8. The standard InChI is InChI=1S/C16H14BrFN2O2/c1-11(21)20(13-6-4-5-12(17)9-13)10-16(22)19-15-8-3-2-7-14(15)18/h2-9H,10H2,1H3,(H,19,22). The molecule has 6 heteroatoms. The summed E-state index contributed by atoms with van der Waals surface area (Å²) in [4.78, 5) is 25.1. The molecule has 0 heterocycles. The van der Waals surface area contributed by atoms with E-state index in [1.165, 1.54) is 30.0 Å². The molecule has 2 amide bonds. The molecule has 2 aromatic carbocycles.